The minimum absolute atomic E-state index is 0.0363. The lowest BCUT2D eigenvalue weighted by atomic mass is 9.73. The minimum atomic E-state index is -0.936. The van der Waals surface area contributed by atoms with Gasteiger partial charge >= 0.3 is 5.97 Å². The molecule has 1 heterocycles. The fourth-order valence-corrected chi connectivity index (χ4v) is 3.43. The van der Waals surface area contributed by atoms with Gasteiger partial charge < -0.3 is 15.2 Å². The van der Waals surface area contributed by atoms with E-state index in [1.807, 2.05) is 30.3 Å². The van der Waals surface area contributed by atoms with Gasteiger partial charge in [-0.05, 0) is 42.5 Å². The SMILES string of the molecule is O=C(O)c1ccc(CCNC(=O)C2(c3ccccc3)CCOCC2)cc1. The average Bonchev–Trinajstić information content (AvgIpc) is 2.69. The van der Waals surface area contributed by atoms with Gasteiger partial charge in [0.1, 0.15) is 0 Å². The van der Waals surface area contributed by atoms with Crippen molar-refractivity contribution in [2.45, 2.75) is 24.7 Å². The number of amides is 1. The number of hydrogen-bond donors (Lipinski definition) is 2. The molecule has 0 spiro atoms. The van der Waals surface area contributed by atoms with Gasteiger partial charge in [-0.15, -0.1) is 0 Å². The molecule has 0 aromatic heterocycles. The number of carboxylic acid groups (broad SMARTS) is 1. The number of nitrogens with one attached hydrogen (secondary N) is 1. The first-order chi connectivity index (χ1) is 12.6. The van der Waals surface area contributed by atoms with Gasteiger partial charge in [0.25, 0.3) is 0 Å². The Labute approximate surface area is 153 Å². The average molecular weight is 353 g/mol. The summed E-state index contributed by atoms with van der Waals surface area (Å²) in [7, 11) is 0. The van der Waals surface area contributed by atoms with Gasteiger partial charge in [0.05, 0.1) is 11.0 Å². The maximum Gasteiger partial charge on any atom is 0.335 e. The fourth-order valence-electron chi connectivity index (χ4n) is 3.43. The van der Waals surface area contributed by atoms with E-state index in [0.29, 0.717) is 39.0 Å². The molecule has 136 valence electrons. The lowest BCUT2D eigenvalue weighted by Gasteiger charge is -2.36. The van der Waals surface area contributed by atoms with Crippen molar-refractivity contribution >= 4 is 11.9 Å². The van der Waals surface area contributed by atoms with Gasteiger partial charge in [-0.2, -0.15) is 0 Å². The van der Waals surface area contributed by atoms with Gasteiger partial charge in [0.15, 0.2) is 0 Å². The van der Waals surface area contributed by atoms with E-state index in [9.17, 15) is 9.59 Å². The molecule has 1 amide bonds. The zero-order valence-electron chi connectivity index (χ0n) is 14.6. The van der Waals surface area contributed by atoms with Crippen LogP contribution < -0.4 is 5.32 Å². The third-order valence-electron chi connectivity index (χ3n) is 5.01. The highest BCUT2D eigenvalue weighted by molar-refractivity contribution is 5.88. The molecule has 2 N–H and O–H groups in total. The number of rotatable bonds is 6. The first kappa shape index (κ1) is 18.1. The second-order valence-corrected chi connectivity index (χ2v) is 6.57. The Morgan fingerprint density at radius 1 is 1.00 bits per heavy atom. The third kappa shape index (κ3) is 3.94. The lowest BCUT2D eigenvalue weighted by molar-refractivity contribution is -0.130. The maximum absolute atomic E-state index is 13.0. The molecule has 1 saturated heterocycles. The predicted octanol–water partition coefficient (Wildman–Crippen LogP) is 2.79. The van der Waals surface area contributed by atoms with Gasteiger partial charge in [-0.3, -0.25) is 4.79 Å². The summed E-state index contributed by atoms with van der Waals surface area (Å²) < 4.78 is 5.47. The molecule has 0 bridgehead atoms. The molecule has 5 nitrogen and oxygen atoms in total. The quantitative estimate of drug-likeness (QED) is 0.837. The van der Waals surface area contributed by atoms with E-state index >= 15 is 0 Å². The zero-order valence-corrected chi connectivity index (χ0v) is 14.6. The molecular weight excluding hydrogens is 330 g/mol. The van der Waals surface area contributed by atoms with Gasteiger partial charge in [-0.1, -0.05) is 42.5 Å². The van der Waals surface area contributed by atoms with Crippen molar-refractivity contribution in [2.75, 3.05) is 19.8 Å². The van der Waals surface area contributed by atoms with E-state index in [4.69, 9.17) is 9.84 Å². The number of carbonyl (C=O) groups is 2. The van der Waals surface area contributed by atoms with Crippen molar-refractivity contribution in [2.24, 2.45) is 0 Å². The van der Waals surface area contributed by atoms with Crippen LogP contribution in [-0.2, 0) is 21.4 Å². The van der Waals surface area contributed by atoms with Gasteiger partial charge in [0, 0.05) is 19.8 Å². The van der Waals surface area contributed by atoms with E-state index in [2.05, 4.69) is 5.32 Å². The number of hydrogen-bond acceptors (Lipinski definition) is 3. The van der Waals surface area contributed by atoms with Crippen molar-refractivity contribution in [3.63, 3.8) is 0 Å². The summed E-state index contributed by atoms with van der Waals surface area (Å²) >= 11 is 0. The summed E-state index contributed by atoms with van der Waals surface area (Å²) in [6, 6.07) is 16.6. The largest absolute Gasteiger partial charge is 0.478 e. The van der Waals surface area contributed by atoms with Crippen LogP contribution in [0.5, 0.6) is 0 Å². The Morgan fingerprint density at radius 2 is 1.65 bits per heavy atom. The van der Waals surface area contributed by atoms with Gasteiger partial charge in [-0.25, -0.2) is 4.79 Å². The number of benzene rings is 2. The second-order valence-electron chi connectivity index (χ2n) is 6.57. The van der Waals surface area contributed by atoms with Crippen LogP contribution in [0.2, 0.25) is 0 Å². The van der Waals surface area contributed by atoms with Crippen molar-refractivity contribution in [3.8, 4) is 0 Å². The second kappa shape index (κ2) is 8.15. The molecule has 26 heavy (non-hydrogen) atoms. The topological polar surface area (TPSA) is 75.6 Å². The van der Waals surface area contributed by atoms with E-state index < -0.39 is 11.4 Å². The number of carboxylic acids is 1. The zero-order chi connectivity index (χ0) is 18.4. The molecule has 2 aromatic rings. The Balaban J connectivity index is 1.64. The van der Waals surface area contributed by atoms with Crippen molar-refractivity contribution < 1.29 is 19.4 Å². The van der Waals surface area contributed by atoms with E-state index in [1.165, 1.54) is 0 Å². The summed E-state index contributed by atoms with van der Waals surface area (Å²) in [4.78, 5) is 23.9. The lowest BCUT2D eigenvalue weighted by Crippen LogP contribution is -2.48. The van der Waals surface area contributed by atoms with E-state index in [-0.39, 0.29) is 11.5 Å². The van der Waals surface area contributed by atoms with Crippen LogP contribution in [0, 0.1) is 0 Å². The fraction of sp³-hybridized carbons (Fsp3) is 0.333. The minimum Gasteiger partial charge on any atom is -0.478 e. The first-order valence-corrected chi connectivity index (χ1v) is 8.86. The maximum atomic E-state index is 13.0. The molecule has 0 unspecified atom stereocenters. The number of carbonyl (C=O) groups excluding carboxylic acids is 1. The van der Waals surface area contributed by atoms with Crippen LogP contribution in [0.1, 0.15) is 34.3 Å². The highest BCUT2D eigenvalue weighted by Gasteiger charge is 2.41. The molecule has 0 atom stereocenters. The molecule has 1 aliphatic rings. The summed E-state index contributed by atoms with van der Waals surface area (Å²) in [5.41, 5.74) is 1.76. The Hall–Kier alpha value is -2.66. The van der Waals surface area contributed by atoms with E-state index in [1.54, 1.807) is 24.3 Å². The standard InChI is InChI=1S/C21H23NO4/c23-19(24)17-8-6-16(7-9-17)10-13-22-20(25)21(11-14-26-15-12-21)18-4-2-1-3-5-18/h1-9H,10-15H2,(H,22,25)(H,23,24). The summed E-state index contributed by atoms with van der Waals surface area (Å²) in [6.07, 6.45) is 2.01. The van der Waals surface area contributed by atoms with Crippen LogP contribution in [0.4, 0.5) is 0 Å². The predicted molar refractivity (Wildman–Crippen MR) is 98.3 cm³/mol. The normalized spacial score (nSPS) is 16.0. The van der Waals surface area contributed by atoms with Crippen molar-refractivity contribution in [1.29, 1.82) is 0 Å². The molecule has 5 heteroatoms. The van der Waals surface area contributed by atoms with Crippen LogP contribution in [0.3, 0.4) is 0 Å². The van der Waals surface area contributed by atoms with Crippen LogP contribution in [0.25, 0.3) is 0 Å². The molecule has 2 aromatic carbocycles. The molecule has 0 saturated carbocycles. The Morgan fingerprint density at radius 3 is 2.27 bits per heavy atom. The highest BCUT2D eigenvalue weighted by atomic mass is 16.5. The summed E-state index contributed by atoms with van der Waals surface area (Å²) in [6.45, 7) is 1.68. The molecule has 1 fully saturated rings. The monoisotopic (exact) mass is 353 g/mol. The Bertz CT molecular complexity index is 749. The number of aromatic carboxylic acids is 1. The van der Waals surface area contributed by atoms with Crippen molar-refractivity contribution in [3.05, 3.63) is 71.3 Å². The highest BCUT2D eigenvalue weighted by Crippen LogP contribution is 2.35. The summed E-state index contributed by atoms with van der Waals surface area (Å²) in [5, 5.41) is 12.0. The molecule has 3 rings (SSSR count). The van der Waals surface area contributed by atoms with Crippen molar-refractivity contribution in [1.82, 2.24) is 5.32 Å². The number of ether oxygens (including phenoxy) is 1. The van der Waals surface area contributed by atoms with Gasteiger partial charge in [0.2, 0.25) is 5.91 Å². The molecule has 0 aliphatic carbocycles. The van der Waals surface area contributed by atoms with Crippen LogP contribution in [0.15, 0.2) is 54.6 Å². The van der Waals surface area contributed by atoms with Crippen LogP contribution in [-0.4, -0.2) is 36.7 Å². The summed E-state index contributed by atoms with van der Waals surface area (Å²) in [5.74, 6) is -0.900. The molecule has 1 aliphatic heterocycles. The smallest absolute Gasteiger partial charge is 0.335 e. The van der Waals surface area contributed by atoms with Crippen LogP contribution >= 0.6 is 0 Å². The van der Waals surface area contributed by atoms with E-state index in [0.717, 1.165) is 11.1 Å². The molecule has 0 radical (unpaired) electrons. The first-order valence-electron chi connectivity index (χ1n) is 8.86. The Kier molecular flexibility index (Phi) is 5.68. The molecular formula is C21H23NO4. The third-order valence-corrected chi connectivity index (χ3v) is 5.01.